The Balaban J connectivity index is 1.69. The second-order valence-corrected chi connectivity index (χ2v) is 6.08. The van der Waals surface area contributed by atoms with Crippen LogP contribution in [0.5, 0.6) is 0 Å². The summed E-state index contributed by atoms with van der Waals surface area (Å²) in [4.78, 5) is 14.4. The molecular formula is C15H28N2O. The zero-order valence-corrected chi connectivity index (χ0v) is 11.8. The number of carbonyl (C=O) groups is 1. The lowest BCUT2D eigenvalue weighted by atomic mass is 9.95. The summed E-state index contributed by atoms with van der Waals surface area (Å²) in [6, 6.07) is 0.454. The van der Waals surface area contributed by atoms with E-state index in [0.717, 1.165) is 25.4 Å². The van der Waals surface area contributed by atoms with E-state index >= 15 is 0 Å². The summed E-state index contributed by atoms with van der Waals surface area (Å²) in [5.41, 5.74) is 0. The molecule has 0 saturated heterocycles. The van der Waals surface area contributed by atoms with Gasteiger partial charge >= 0.3 is 0 Å². The van der Waals surface area contributed by atoms with Crippen molar-refractivity contribution in [3.63, 3.8) is 0 Å². The van der Waals surface area contributed by atoms with Crippen LogP contribution in [0.4, 0.5) is 0 Å². The Morgan fingerprint density at radius 3 is 2.50 bits per heavy atom. The van der Waals surface area contributed by atoms with Gasteiger partial charge in [0.2, 0.25) is 5.91 Å². The first-order valence-corrected chi connectivity index (χ1v) is 7.79. The van der Waals surface area contributed by atoms with E-state index in [4.69, 9.17) is 0 Å². The molecule has 2 aliphatic carbocycles. The van der Waals surface area contributed by atoms with Crippen molar-refractivity contribution in [2.75, 3.05) is 19.6 Å². The molecule has 18 heavy (non-hydrogen) atoms. The van der Waals surface area contributed by atoms with Crippen LogP contribution in [0.3, 0.4) is 0 Å². The van der Waals surface area contributed by atoms with E-state index in [1.54, 1.807) is 0 Å². The number of amides is 1. The van der Waals surface area contributed by atoms with Crippen molar-refractivity contribution in [2.24, 2.45) is 5.92 Å². The molecule has 1 N–H and O–H groups in total. The SMILES string of the molecule is CCCN(CC(=O)NC1CCCCC1)CC1CC1. The van der Waals surface area contributed by atoms with Gasteiger partial charge < -0.3 is 5.32 Å². The van der Waals surface area contributed by atoms with E-state index in [1.807, 2.05) is 0 Å². The monoisotopic (exact) mass is 252 g/mol. The molecule has 0 aromatic heterocycles. The maximum atomic E-state index is 12.0. The Bertz CT molecular complexity index is 257. The molecule has 0 aromatic carbocycles. The second-order valence-electron chi connectivity index (χ2n) is 6.08. The molecule has 2 saturated carbocycles. The fourth-order valence-electron chi connectivity index (χ4n) is 2.94. The van der Waals surface area contributed by atoms with Crippen molar-refractivity contribution in [2.45, 2.75) is 64.3 Å². The van der Waals surface area contributed by atoms with Crippen LogP contribution in [-0.4, -0.2) is 36.5 Å². The van der Waals surface area contributed by atoms with Crippen molar-refractivity contribution in [1.29, 1.82) is 0 Å². The largest absolute Gasteiger partial charge is 0.352 e. The van der Waals surface area contributed by atoms with E-state index in [9.17, 15) is 4.79 Å². The average Bonchev–Trinajstić information content (AvgIpc) is 3.14. The van der Waals surface area contributed by atoms with E-state index in [0.29, 0.717) is 12.6 Å². The number of hydrogen-bond donors (Lipinski definition) is 1. The summed E-state index contributed by atoms with van der Waals surface area (Å²) in [6.07, 6.45) is 10.1. The highest BCUT2D eigenvalue weighted by Crippen LogP contribution is 2.29. The maximum Gasteiger partial charge on any atom is 0.234 e. The molecule has 0 atom stereocenters. The van der Waals surface area contributed by atoms with Crippen molar-refractivity contribution in [3.8, 4) is 0 Å². The third-order valence-corrected chi connectivity index (χ3v) is 4.09. The third-order valence-electron chi connectivity index (χ3n) is 4.09. The first-order chi connectivity index (χ1) is 8.78. The van der Waals surface area contributed by atoms with E-state index in [2.05, 4.69) is 17.1 Å². The Morgan fingerprint density at radius 1 is 1.17 bits per heavy atom. The Kier molecular flexibility index (Phi) is 5.48. The van der Waals surface area contributed by atoms with Gasteiger partial charge in [0.15, 0.2) is 0 Å². The second kappa shape index (κ2) is 7.13. The highest BCUT2D eigenvalue weighted by atomic mass is 16.2. The van der Waals surface area contributed by atoms with Gasteiger partial charge in [0.05, 0.1) is 6.54 Å². The summed E-state index contributed by atoms with van der Waals surface area (Å²) in [5, 5.41) is 3.22. The normalized spacial score (nSPS) is 21.2. The molecule has 0 radical (unpaired) electrons. The first kappa shape index (κ1) is 13.9. The molecular weight excluding hydrogens is 224 g/mol. The molecule has 3 heteroatoms. The molecule has 0 aliphatic heterocycles. The lowest BCUT2D eigenvalue weighted by molar-refractivity contribution is -0.123. The third kappa shape index (κ3) is 4.97. The minimum Gasteiger partial charge on any atom is -0.352 e. The van der Waals surface area contributed by atoms with Crippen molar-refractivity contribution in [1.82, 2.24) is 10.2 Å². The van der Waals surface area contributed by atoms with Gasteiger partial charge in [-0.2, -0.15) is 0 Å². The molecule has 0 heterocycles. The molecule has 0 bridgehead atoms. The Labute approximate surface area is 111 Å². The lowest BCUT2D eigenvalue weighted by Gasteiger charge is -2.25. The van der Waals surface area contributed by atoms with Crippen LogP contribution in [0, 0.1) is 5.92 Å². The van der Waals surface area contributed by atoms with Crippen LogP contribution in [-0.2, 0) is 4.79 Å². The smallest absolute Gasteiger partial charge is 0.234 e. The minimum atomic E-state index is 0.246. The fraction of sp³-hybridized carbons (Fsp3) is 0.933. The van der Waals surface area contributed by atoms with Gasteiger partial charge in [-0.3, -0.25) is 9.69 Å². The van der Waals surface area contributed by atoms with Crippen LogP contribution in [0.25, 0.3) is 0 Å². The molecule has 0 aromatic rings. The zero-order valence-electron chi connectivity index (χ0n) is 11.8. The van der Waals surface area contributed by atoms with Gasteiger partial charge in [-0.15, -0.1) is 0 Å². The van der Waals surface area contributed by atoms with Gasteiger partial charge in [-0.25, -0.2) is 0 Å². The molecule has 1 amide bonds. The van der Waals surface area contributed by atoms with Crippen LogP contribution < -0.4 is 5.32 Å². The Morgan fingerprint density at radius 2 is 1.89 bits per heavy atom. The van der Waals surface area contributed by atoms with Gasteiger partial charge in [-0.1, -0.05) is 26.2 Å². The van der Waals surface area contributed by atoms with Crippen LogP contribution in [0.2, 0.25) is 0 Å². The number of rotatable bonds is 7. The summed E-state index contributed by atoms with van der Waals surface area (Å²) in [7, 11) is 0. The summed E-state index contributed by atoms with van der Waals surface area (Å²) in [5.74, 6) is 1.12. The van der Waals surface area contributed by atoms with Crippen molar-refractivity contribution >= 4 is 5.91 Å². The van der Waals surface area contributed by atoms with Crippen molar-refractivity contribution < 1.29 is 4.79 Å². The minimum absolute atomic E-state index is 0.246. The lowest BCUT2D eigenvalue weighted by Crippen LogP contribution is -2.43. The van der Waals surface area contributed by atoms with Crippen molar-refractivity contribution in [3.05, 3.63) is 0 Å². The number of carbonyl (C=O) groups excluding carboxylic acids is 1. The molecule has 104 valence electrons. The van der Waals surface area contributed by atoms with Crippen LogP contribution >= 0.6 is 0 Å². The summed E-state index contributed by atoms with van der Waals surface area (Å²) < 4.78 is 0. The van der Waals surface area contributed by atoms with Gasteiger partial charge in [0, 0.05) is 12.6 Å². The zero-order chi connectivity index (χ0) is 12.8. The summed E-state index contributed by atoms with van der Waals surface area (Å²) in [6.45, 7) is 5.00. The van der Waals surface area contributed by atoms with Gasteiger partial charge in [-0.05, 0) is 44.6 Å². The van der Waals surface area contributed by atoms with Gasteiger partial charge in [0.25, 0.3) is 0 Å². The highest BCUT2D eigenvalue weighted by molar-refractivity contribution is 5.78. The molecule has 0 unspecified atom stereocenters. The van der Waals surface area contributed by atoms with Gasteiger partial charge in [0.1, 0.15) is 0 Å². The summed E-state index contributed by atoms with van der Waals surface area (Å²) >= 11 is 0. The predicted molar refractivity (Wildman–Crippen MR) is 74.5 cm³/mol. The topological polar surface area (TPSA) is 32.3 Å². The van der Waals surface area contributed by atoms with E-state index in [1.165, 1.54) is 44.9 Å². The molecule has 3 nitrogen and oxygen atoms in total. The standard InChI is InChI=1S/C15H28N2O/c1-2-10-17(11-13-8-9-13)12-15(18)16-14-6-4-3-5-7-14/h13-14H,2-12H2,1H3,(H,16,18). The first-order valence-electron chi connectivity index (χ1n) is 7.79. The average molecular weight is 252 g/mol. The number of nitrogens with zero attached hydrogens (tertiary/aromatic N) is 1. The van der Waals surface area contributed by atoms with E-state index < -0.39 is 0 Å². The van der Waals surface area contributed by atoms with Crippen LogP contribution in [0.1, 0.15) is 58.3 Å². The maximum absolute atomic E-state index is 12.0. The fourth-order valence-corrected chi connectivity index (χ4v) is 2.94. The quantitative estimate of drug-likeness (QED) is 0.755. The predicted octanol–water partition coefficient (Wildman–Crippen LogP) is 2.56. The molecule has 2 fully saturated rings. The molecule has 2 rings (SSSR count). The highest BCUT2D eigenvalue weighted by Gasteiger charge is 2.25. The molecule has 2 aliphatic rings. The molecule has 0 spiro atoms. The Hall–Kier alpha value is -0.570. The number of hydrogen-bond acceptors (Lipinski definition) is 2. The number of nitrogens with one attached hydrogen (secondary N) is 1. The van der Waals surface area contributed by atoms with Crippen LogP contribution in [0.15, 0.2) is 0 Å². The van der Waals surface area contributed by atoms with E-state index in [-0.39, 0.29) is 5.91 Å².